The minimum absolute atomic E-state index is 0.0290. The van der Waals surface area contributed by atoms with Crippen LogP contribution in [0.2, 0.25) is 0 Å². The van der Waals surface area contributed by atoms with Crippen molar-refractivity contribution in [1.29, 1.82) is 0 Å². The number of aromatic hydroxyl groups is 1. The molecule has 1 rings (SSSR count). The molecule has 0 aliphatic carbocycles. The molecule has 0 aliphatic rings. The second-order valence-electron chi connectivity index (χ2n) is 3.87. The second-order valence-corrected chi connectivity index (χ2v) is 4.67. The van der Waals surface area contributed by atoms with Gasteiger partial charge in [0.15, 0.2) is 5.78 Å². The van der Waals surface area contributed by atoms with Gasteiger partial charge in [-0.05, 0) is 59.9 Å². The monoisotopic (exact) mass is 285 g/mol. The fourth-order valence-electron chi connectivity index (χ4n) is 1.77. The molecule has 3 nitrogen and oxygen atoms in total. The Morgan fingerprint density at radius 3 is 2.31 bits per heavy atom. The van der Waals surface area contributed by atoms with E-state index in [-0.39, 0.29) is 11.5 Å². The highest BCUT2D eigenvalue weighted by molar-refractivity contribution is 9.10. The van der Waals surface area contributed by atoms with Crippen LogP contribution in [0.5, 0.6) is 5.75 Å². The quantitative estimate of drug-likeness (QED) is 0.839. The number of rotatable bonds is 3. The number of halogens is 1. The summed E-state index contributed by atoms with van der Waals surface area (Å²) < 4.78 is 0.593. The summed E-state index contributed by atoms with van der Waals surface area (Å²) in [6.45, 7) is 5.81. The van der Waals surface area contributed by atoms with Gasteiger partial charge in [0, 0.05) is 12.0 Å². The van der Waals surface area contributed by atoms with Crippen LogP contribution in [0.3, 0.4) is 0 Å². The molecule has 3 N–H and O–H groups in total. The molecule has 1 aromatic rings. The van der Waals surface area contributed by atoms with Gasteiger partial charge in [-0.2, -0.15) is 0 Å². The van der Waals surface area contributed by atoms with Crippen molar-refractivity contribution in [1.82, 2.24) is 0 Å². The summed E-state index contributed by atoms with van der Waals surface area (Å²) in [6, 6.07) is 0. The van der Waals surface area contributed by atoms with Crippen LogP contribution in [0.1, 0.15) is 33.5 Å². The molecule has 0 unspecified atom stereocenters. The average Bonchev–Trinajstić information content (AvgIpc) is 2.24. The van der Waals surface area contributed by atoms with Crippen LogP contribution in [-0.4, -0.2) is 17.4 Å². The molecular weight excluding hydrogens is 270 g/mol. The smallest absolute Gasteiger partial charge is 0.164 e. The number of carbonyl (C=O) groups excluding carboxylic acids is 1. The number of ketones is 1. The molecule has 1 aromatic carbocycles. The number of phenols is 1. The lowest BCUT2D eigenvalue weighted by Crippen LogP contribution is -2.12. The number of nitrogens with two attached hydrogens (primary N) is 1. The van der Waals surface area contributed by atoms with E-state index in [1.165, 1.54) is 0 Å². The van der Waals surface area contributed by atoms with Gasteiger partial charge in [0.2, 0.25) is 0 Å². The predicted octanol–water partition coefficient (Wildman–Crippen LogP) is 2.61. The van der Waals surface area contributed by atoms with Gasteiger partial charge in [-0.3, -0.25) is 4.79 Å². The SMILES string of the molecule is Cc1c(C)c(C(=O)CCN)c(C)c(Br)c1O. The Bertz CT molecular complexity index is 412. The maximum Gasteiger partial charge on any atom is 0.164 e. The molecule has 16 heavy (non-hydrogen) atoms. The van der Waals surface area contributed by atoms with E-state index in [9.17, 15) is 9.90 Å². The minimum Gasteiger partial charge on any atom is -0.506 e. The molecule has 4 heteroatoms. The van der Waals surface area contributed by atoms with Crippen molar-refractivity contribution in [2.75, 3.05) is 6.54 Å². The van der Waals surface area contributed by atoms with Crippen molar-refractivity contribution in [3.8, 4) is 5.75 Å². The fourth-order valence-corrected chi connectivity index (χ4v) is 2.27. The van der Waals surface area contributed by atoms with Crippen LogP contribution in [-0.2, 0) is 0 Å². The molecule has 0 aromatic heterocycles. The molecule has 0 radical (unpaired) electrons. The first-order valence-corrected chi connectivity index (χ1v) is 5.92. The normalized spacial score (nSPS) is 10.6. The Labute approximate surface area is 104 Å². The summed E-state index contributed by atoms with van der Waals surface area (Å²) >= 11 is 3.30. The molecule has 0 spiro atoms. The highest BCUT2D eigenvalue weighted by Crippen LogP contribution is 2.36. The zero-order chi connectivity index (χ0) is 12.5. The summed E-state index contributed by atoms with van der Waals surface area (Å²) in [5, 5.41) is 9.82. The van der Waals surface area contributed by atoms with E-state index < -0.39 is 0 Å². The van der Waals surface area contributed by atoms with Crippen molar-refractivity contribution in [3.63, 3.8) is 0 Å². The molecule has 0 bridgehead atoms. The maximum atomic E-state index is 11.9. The topological polar surface area (TPSA) is 63.3 Å². The first-order valence-electron chi connectivity index (χ1n) is 5.13. The third-order valence-electron chi connectivity index (χ3n) is 2.86. The number of benzene rings is 1. The van der Waals surface area contributed by atoms with Gasteiger partial charge in [0.25, 0.3) is 0 Å². The third kappa shape index (κ3) is 2.13. The van der Waals surface area contributed by atoms with Gasteiger partial charge in [0.05, 0.1) is 4.47 Å². The summed E-state index contributed by atoms with van der Waals surface area (Å²) in [5.41, 5.74) is 8.41. The number of carbonyl (C=O) groups is 1. The van der Waals surface area contributed by atoms with Crippen molar-refractivity contribution < 1.29 is 9.90 Å². The van der Waals surface area contributed by atoms with E-state index >= 15 is 0 Å². The Morgan fingerprint density at radius 1 is 1.25 bits per heavy atom. The van der Waals surface area contributed by atoms with Gasteiger partial charge in [-0.1, -0.05) is 0 Å². The lowest BCUT2D eigenvalue weighted by atomic mass is 9.93. The average molecular weight is 286 g/mol. The van der Waals surface area contributed by atoms with E-state index in [0.717, 1.165) is 16.7 Å². The molecule has 0 atom stereocenters. The summed E-state index contributed by atoms with van der Waals surface area (Å²) in [7, 11) is 0. The van der Waals surface area contributed by atoms with Crippen LogP contribution in [0.25, 0.3) is 0 Å². The molecular formula is C12H16BrNO2. The van der Waals surface area contributed by atoms with Crippen LogP contribution >= 0.6 is 15.9 Å². The van der Waals surface area contributed by atoms with Gasteiger partial charge in [0.1, 0.15) is 5.75 Å². The van der Waals surface area contributed by atoms with E-state index in [4.69, 9.17) is 5.73 Å². The molecule has 0 fully saturated rings. The first kappa shape index (κ1) is 13.2. The fraction of sp³-hybridized carbons (Fsp3) is 0.417. The summed E-state index contributed by atoms with van der Waals surface area (Å²) in [6.07, 6.45) is 0.332. The highest BCUT2D eigenvalue weighted by atomic mass is 79.9. The highest BCUT2D eigenvalue weighted by Gasteiger charge is 2.19. The second kappa shape index (κ2) is 4.97. The summed E-state index contributed by atoms with van der Waals surface area (Å²) in [4.78, 5) is 11.9. The zero-order valence-electron chi connectivity index (χ0n) is 9.72. The number of Topliss-reactive ketones (excluding diaryl/α,β-unsaturated/α-hetero) is 1. The molecule has 0 saturated carbocycles. The van der Waals surface area contributed by atoms with Crippen molar-refractivity contribution in [2.24, 2.45) is 5.73 Å². The molecule has 0 aliphatic heterocycles. The van der Waals surface area contributed by atoms with Gasteiger partial charge < -0.3 is 10.8 Å². The first-order chi connectivity index (χ1) is 7.41. The van der Waals surface area contributed by atoms with E-state index in [2.05, 4.69) is 15.9 Å². The molecule has 88 valence electrons. The number of hydrogen-bond acceptors (Lipinski definition) is 3. The predicted molar refractivity (Wildman–Crippen MR) is 68.0 cm³/mol. The van der Waals surface area contributed by atoms with Gasteiger partial charge in [-0.15, -0.1) is 0 Å². The van der Waals surface area contributed by atoms with E-state index in [1.807, 2.05) is 13.8 Å². The standard InChI is InChI=1S/C12H16BrNO2/c1-6-7(2)12(16)11(13)8(3)10(6)9(15)4-5-14/h16H,4-5,14H2,1-3H3. The third-order valence-corrected chi connectivity index (χ3v) is 3.83. The van der Waals surface area contributed by atoms with Gasteiger partial charge >= 0.3 is 0 Å². The minimum atomic E-state index is 0.0290. The number of hydrogen-bond donors (Lipinski definition) is 2. The van der Waals surface area contributed by atoms with Crippen molar-refractivity contribution in [2.45, 2.75) is 27.2 Å². The Hall–Kier alpha value is -0.870. The summed E-state index contributed by atoms with van der Waals surface area (Å²) in [5.74, 6) is 0.237. The van der Waals surface area contributed by atoms with Gasteiger partial charge in [-0.25, -0.2) is 0 Å². The lowest BCUT2D eigenvalue weighted by molar-refractivity contribution is 0.0984. The molecule has 0 saturated heterocycles. The molecule has 0 amide bonds. The lowest BCUT2D eigenvalue weighted by Gasteiger charge is -2.15. The number of phenolic OH excluding ortho intramolecular Hbond substituents is 1. The van der Waals surface area contributed by atoms with Crippen molar-refractivity contribution >= 4 is 21.7 Å². The van der Waals surface area contributed by atoms with Crippen LogP contribution in [0, 0.1) is 20.8 Å². The maximum absolute atomic E-state index is 11.9. The Kier molecular flexibility index (Phi) is 4.10. The zero-order valence-corrected chi connectivity index (χ0v) is 11.3. The largest absolute Gasteiger partial charge is 0.506 e. The van der Waals surface area contributed by atoms with Crippen molar-refractivity contribution in [3.05, 3.63) is 26.7 Å². The van der Waals surface area contributed by atoms with Crippen LogP contribution < -0.4 is 5.73 Å². The van der Waals surface area contributed by atoms with E-state index in [1.54, 1.807) is 6.92 Å². The van der Waals surface area contributed by atoms with Crippen LogP contribution in [0.4, 0.5) is 0 Å². The molecule has 0 heterocycles. The van der Waals surface area contributed by atoms with Crippen LogP contribution in [0.15, 0.2) is 4.47 Å². The van der Waals surface area contributed by atoms with E-state index in [0.29, 0.717) is 23.0 Å². The Balaban J connectivity index is 3.45. The Morgan fingerprint density at radius 2 is 1.81 bits per heavy atom.